The second-order valence-electron chi connectivity index (χ2n) is 6.61. The molecule has 5 nitrogen and oxygen atoms in total. The van der Waals surface area contributed by atoms with Gasteiger partial charge in [-0.3, -0.25) is 9.20 Å². The molecule has 1 aromatic carbocycles. The lowest BCUT2D eigenvalue weighted by atomic mass is 10.1. The molecule has 0 N–H and O–H groups in total. The predicted octanol–water partition coefficient (Wildman–Crippen LogP) is 5.19. The van der Waals surface area contributed by atoms with Crippen molar-refractivity contribution >= 4 is 40.0 Å². The Morgan fingerprint density at radius 1 is 1.25 bits per heavy atom. The van der Waals surface area contributed by atoms with E-state index in [0.29, 0.717) is 38.5 Å². The second kappa shape index (κ2) is 8.25. The van der Waals surface area contributed by atoms with Gasteiger partial charge >= 0.3 is 0 Å². The maximum Gasteiger partial charge on any atom is 0.258 e. The zero-order chi connectivity index (χ0) is 20.4. The van der Waals surface area contributed by atoms with E-state index in [-0.39, 0.29) is 11.7 Å². The fourth-order valence-corrected chi connectivity index (χ4v) is 3.21. The number of methoxy groups -OCH3 is 1. The quantitative estimate of drug-likeness (QED) is 0.571. The van der Waals surface area contributed by atoms with Crippen molar-refractivity contribution in [1.29, 1.82) is 0 Å². The van der Waals surface area contributed by atoms with Gasteiger partial charge in [0.2, 0.25) is 0 Å². The van der Waals surface area contributed by atoms with Crippen LogP contribution in [0.3, 0.4) is 0 Å². The van der Waals surface area contributed by atoms with Crippen molar-refractivity contribution < 1.29 is 9.47 Å². The Morgan fingerprint density at radius 3 is 2.68 bits per heavy atom. The molecular weight excluding hydrogens is 399 g/mol. The monoisotopic (exact) mass is 418 g/mol. The Hall–Kier alpha value is -2.50. The molecule has 3 aromatic rings. The molecule has 0 bridgehead atoms. The summed E-state index contributed by atoms with van der Waals surface area (Å²) in [5, 5.41) is 0.724. The maximum atomic E-state index is 12.4. The number of rotatable bonds is 5. The van der Waals surface area contributed by atoms with Crippen molar-refractivity contribution in [3.8, 4) is 11.5 Å². The molecule has 0 fully saturated rings. The lowest BCUT2D eigenvalue weighted by molar-refractivity contribution is 0.230. The molecule has 3 rings (SSSR count). The largest absolute Gasteiger partial charge is 0.493 e. The lowest BCUT2D eigenvalue weighted by Crippen LogP contribution is -2.15. The summed E-state index contributed by atoms with van der Waals surface area (Å²) in [6, 6.07) is 8.56. The molecule has 2 heterocycles. The molecule has 146 valence electrons. The van der Waals surface area contributed by atoms with Crippen LogP contribution < -0.4 is 15.0 Å². The van der Waals surface area contributed by atoms with Gasteiger partial charge in [-0.2, -0.15) is 0 Å². The number of pyridine rings is 1. The fourth-order valence-electron chi connectivity index (χ4n) is 2.72. The number of hydrogen-bond acceptors (Lipinski definition) is 4. The lowest BCUT2D eigenvalue weighted by Gasteiger charge is -2.15. The Bertz CT molecular complexity index is 1120. The average molecular weight is 419 g/mol. The van der Waals surface area contributed by atoms with Gasteiger partial charge in [-0.25, -0.2) is 4.98 Å². The van der Waals surface area contributed by atoms with E-state index >= 15 is 0 Å². The minimum absolute atomic E-state index is 0.0465. The molecule has 0 aliphatic heterocycles. The molecular formula is C21H20Cl2N2O3. The van der Waals surface area contributed by atoms with Crippen molar-refractivity contribution in [3.05, 3.63) is 68.7 Å². The van der Waals surface area contributed by atoms with Gasteiger partial charge < -0.3 is 9.47 Å². The third-order valence-electron chi connectivity index (χ3n) is 3.95. The van der Waals surface area contributed by atoms with Crippen LogP contribution in [-0.4, -0.2) is 22.6 Å². The van der Waals surface area contributed by atoms with Gasteiger partial charge in [0.1, 0.15) is 5.65 Å². The molecule has 0 saturated carbocycles. The molecule has 7 heteroatoms. The van der Waals surface area contributed by atoms with E-state index in [1.165, 1.54) is 10.5 Å². The van der Waals surface area contributed by atoms with Crippen molar-refractivity contribution in [2.75, 3.05) is 7.11 Å². The first-order chi connectivity index (χ1) is 13.3. The summed E-state index contributed by atoms with van der Waals surface area (Å²) >= 11 is 12.8. The Morgan fingerprint density at radius 2 is 2.00 bits per heavy atom. The van der Waals surface area contributed by atoms with Crippen LogP contribution in [0.5, 0.6) is 11.5 Å². The molecule has 0 aliphatic rings. The van der Waals surface area contributed by atoms with Gasteiger partial charge in [0, 0.05) is 12.3 Å². The molecule has 0 spiro atoms. The minimum Gasteiger partial charge on any atom is -0.493 e. The molecule has 0 unspecified atom stereocenters. The van der Waals surface area contributed by atoms with E-state index in [1.807, 2.05) is 26.8 Å². The normalized spacial score (nSPS) is 11.9. The van der Waals surface area contributed by atoms with Crippen LogP contribution in [0.1, 0.15) is 30.7 Å². The number of hydrogen-bond donors (Lipinski definition) is 0. The van der Waals surface area contributed by atoms with Crippen LogP contribution >= 0.6 is 23.2 Å². The van der Waals surface area contributed by atoms with Crippen molar-refractivity contribution in [1.82, 2.24) is 9.38 Å². The number of aromatic nitrogens is 2. The third-order valence-corrected chi connectivity index (χ3v) is 4.53. The SMILES string of the molecule is COc1cc(/C=C(\Cl)c2cc(=O)n3cc(C)ccc3n2)cc(Cl)c1OC(C)C. The third kappa shape index (κ3) is 4.32. The summed E-state index contributed by atoms with van der Waals surface area (Å²) < 4.78 is 12.6. The van der Waals surface area contributed by atoms with Crippen LogP contribution in [0.4, 0.5) is 0 Å². The van der Waals surface area contributed by atoms with Crippen LogP contribution in [-0.2, 0) is 0 Å². The van der Waals surface area contributed by atoms with Crippen LogP contribution in [0.25, 0.3) is 16.8 Å². The van der Waals surface area contributed by atoms with Gasteiger partial charge in [0.05, 0.1) is 29.0 Å². The number of benzene rings is 1. The zero-order valence-electron chi connectivity index (χ0n) is 16.0. The first-order valence-corrected chi connectivity index (χ1v) is 9.46. The van der Waals surface area contributed by atoms with E-state index in [9.17, 15) is 4.79 Å². The predicted molar refractivity (Wildman–Crippen MR) is 114 cm³/mol. The molecule has 0 radical (unpaired) electrons. The Labute approximate surface area is 173 Å². The van der Waals surface area contributed by atoms with E-state index in [2.05, 4.69) is 4.98 Å². The van der Waals surface area contributed by atoms with Crippen molar-refractivity contribution in [2.45, 2.75) is 26.9 Å². The minimum atomic E-state index is -0.202. The standard InChI is InChI=1S/C21H20Cl2N2O3/c1-12(2)28-21-16(23)8-14(9-18(21)27-4)7-15(22)17-10-20(26)25-11-13(3)5-6-19(25)24-17/h5-12H,1-4H3/b15-7-. The first-order valence-electron chi connectivity index (χ1n) is 8.70. The van der Waals surface area contributed by atoms with Gasteiger partial charge in [-0.15, -0.1) is 0 Å². The zero-order valence-corrected chi connectivity index (χ0v) is 17.5. The van der Waals surface area contributed by atoms with Gasteiger partial charge in [0.25, 0.3) is 5.56 Å². The Balaban J connectivity index is 2.04. The number of halogens is 2. The summed E-state index contributed by atoms with van der Waals surface area (Å²) in [7, 11) is 1.54. The molecule has 0 saturated heterocycles. The van der Waals surface area contributed by atoms with Crippen LogP contribution in [0.15, 0.2) is 41.3 Å². The molecule has 0 amide bonds. The number of fused-ring (bicyclic) bond motifs is 1. The van der Waals surface area contributed by atoms with Gasteiger partial charge in [-0.05, 0) is 56.2 Å². The summed E-state index contributed by atoms with van der Waals surface area (Å²) in [5.41, 5.74) is 2.38. The highest BCUT2D eigenvalue weighted by Gasteiger charge is 2.14. The molecule has 28 heavy (non-hydrogen) atoms. The molecule has 0 atom stereocenters. The molecule has 0 aliphatic carbocycles. The van der Waals surface area contributed by atoms with Gasteiger partial charge in [0.15, 0.2) is 11.5 Å². The topological polar surface area (TPSA) is 52.8 Å². The first kappa shape index (κ1) is 20.2. The van der Waals surface area contributed by atoms with Crippen molar-refractivity contribution in [2.24, 2.45) is 0 Å². The number of nitrogens with zero attached hydrogens (tertiary/aromatic N) is 2. The highest BCUT2D eigenvalue weighted by atomic mass is 35.5. The van der Waals surface area contributed by atoms with E-state index in [1.54, 1.807) is 37.6 Å². The summed E-state index contributed by atoms with van der Waals surface area (Å²) in [4.78, 5) is 16.9. The second-order valence-corrected chi connectivity index (χ2v) is 7.42. The molecule has 2 aromatic heterocycles. The van der Waals surface area contributed by atoms with Crippen molar-refractivity contribution in [3.63, 3.8) is 0 Å². The highest BCUT2D eigenvalue weighted by Crippen LogP contribution is 2.38. The number of ether oxygens (including phenoxy) is 2. The van der Waals surface area contributed by atoms with Crippen LogP contribution in [0.2, 0.25) is 5.02 Å². The number of aryl methyl sites for hydroxylation is 1. The average Bonchev–Trinajstić information content (AvgIpc) is 2.63. The summed E-state index contributed by atoms with van der Waals surface area (Å²) in [6.45, 7) is 5.73. The van der Waals surface area contributed by atoms with Gasteiger partial charge in [-0.1, -0.05) is 29.3 Å². The van der Waals surface area contributed by atoms with E-state index in [4.69, 9.17) is 32.7 Å². The Kier molecular flexibility index (Phi) is 5.96. The smallest absolute Gasteiger partial charge is 0.258 e. The van der Waals surface area contributed by atoms with E-state index < -0.39 is 0 Å². The van der Waals surface area contributed by atoms with Crippen LogP contribution in [0, 0.1) is 6.92 Å². The fraction of sp³-hybridized carbons (Fsp3) is 0.238. The summed E-state index contributed by atoms with van der Waals surface area (Å²) in [5.74, 6) is 0.976. The maximum absolute atomic E-state index is 12.4. The highest BCUT2D eigenvalue weighted by molar-refractivity contribution is 6.51. The van der Waals surface area contributed by atoms with E-state index in [0.717, 1.165) is 5.56 Å². The summed E-state index contributed by atoms with van der Waals surface area (Å²) in [6.07, 6.45) is 3.38.